The summed E-state index contributed by atoms with van der Waals surface area (Å²) in [5, 5.41) is 14.0. The number of hydrogen-bond donors (Lipinski definition) is 0. The van der Waals surface area contributed by atoms with Crippen molar-refractivity contribution in [2.75, 3.05) is 12.5 Å². The van der Waals surface area contributed by atoms with Gasteiger partial charge in [0.05, 0.1) is 28.0 Å². The Labute approximate surface area is 157 Å². The number of thioether (sulfide) groups is 1. The van der Waals surface area contributed by atoms with Crippen molar-refractivity contribution in [2.24, 2.45) is 0 Å². The molecular weight excluding hydrogens is 380 g/mol. The Morgan fingerprint density at radius 1 is 1.50 bits per heavy atom. The van der Waals surface area contributed by atoms with Gasteiger partial charge in [-0.15, -0.1) is 23.1 Å². The fourth-order valence-corrected chi connectivity index (χ4v) is 3.83. The van der Waals surface area contributed by atoms with Crippen LogP contribution in [-0.4, -0.2) is 28.4 Å². The minimum absolute atomic E-state index is 0.0642. The highest BCUT2D eigenvalue weighted by atomic mass is 32.2. The molecule has 0 unspecified atom stereocenters. The van der Waals surface area contributed by atoms with Crippen LogP contribution in [0.15, 0.2) is 17.5 Å². The second-order valence-corrected chi connectivity index (χ2v) is 7.52. The minimum atomic E-state index is -0.494. The number of carbonyl (C=O) groups excluding carboxylic acids is 1. The van der Waals surface area contributed by atoms with E-state index >= 15 is 0 Å². The van der Waals surface area contributed by atoms with Gasteiger partial charge < -0.3 is 14.2 Å². The number of rotatable bonds is 7. The zero-order valence-electron chi connectivity index (χ0n) is 13.9. The molecular formula is C16H16N2O6S2. The van der Waals surface area contributed by atoms with E-state index in [4.69, 9.17) is 14.2 Å². The maximum absolute atomic E-state index is 11.9. The molecule has 3 rings (SSSR count). The lowest BCUT2D eigenvalue weighted by molar-refractivity contribution is -0.385. The zero-order chi connectivity index (χ0) is 18.5. The number of nitro benzene ring substituents is 1. The van der Waals surface area contributed by atoms with E-state index in [-0.39, 0.29) is 31.4 Å². The molecule has 0 aliphatic carbocycles. The molecule has 1 aliphatic rings. The number of hydrogen-bond acceptors (Lipinski definition) is 9. The molecule has 8 nitrogen and oxygen atoms in total. The molecule has 0 saturated carbocycles. The van der Waals surface area contributed by atoms with Gasteiger partial charge in [-0.1, -0.05) is 0 Å². The highest BCUT2D eigenvalue weighted by Gasteiger charge is 2.21. The van der Waals surface area contributed by atoms with E-state index in [9.17, 15) is 14.9 Å². The summed E-state index contributed by atoms with van der Waals surface area (Å²) in [6, 6.07) is 2.77. The van der Waals surface area contributed by atoms with Crippen LogP contribution in [0.25, 0.3) is 0 Å². The summed E-state index contributed by atoms with van der Waals surface area (Å²) in [5.41, 5.74) is 1.89. The molecule has 10 heteroatoms. The largest absolute Gasteiger partial charge is 0.467 e. The first-order valence-electron chi connectivity index (χ1n) is 7.68. The van der Waals surface area contributed by atoms with Gasteiger partial charge in [-0.25, -0.2) is 4.98 Å². The van der Waals surface area contributed by atoms with Crippen LogP contribution in [0.4, 0.5) is 5.69 Å². The van der Waals surface area contributed by atoms with Gasteiger partial charge in [0, 0.05) is 34.4 Å². The highest BCUT2D eigenvalue weighted by Crippen LogP contribution is 2.33. The summed E-state index contributed by atoms with van der Waals surface area (Å²) in [4.78, 5) is 26.8. The van der Waals surface area contributed by atoms with Crippen LogP contribution in [0, 0.1) is 17.0 Å². The number of nitro groups is 1. The smallest absolute Gasteiger partial charge is 0.316 e. The van der Waals surface area contributed by atoms with Gasteiger partial charge in [-0.05, 0) is 6.92 Å². The van der Waals surface area contributed by atoms with Crippen molar-refractivity contribution < 1.29 is 23.9 Å². The number of ether oxygens (including phenoxy) is 3. The second kappa shape index (κ2) is 8.47. The van der Waals surface area contributed by atoms with Gasteiger partial charge in [0.2, 0.25) is 0 Å². The first kappa shape index (κ1) is 18.6. The lowest BCUT2D eigenvalue weighted by atomic mass is 10.1. The van der Waals surface area contributed by atoms with Crippen molar-refractivity contribution in [1.29, 1.82) is 0 Å². The van der Waals surface area contributed by atoms with Crippen LogP contribution in [0.3, 0.4) is 0 Å². The maximum Gasteiger partial charge on any atom is 0.316 e. The van der Waals surface area contributed by atoms with Crippen molar-refractivity contribution in [3.8, 4) is 5.75 Å². The van der Waals surface area contributed by atoms with Crippen LogP contribution < -0.4 is 4.74 Å². The average molecular weight is 396 g/mol. The molecule has 2 aromatic rings. The van der Waals surface area contributed by atoms with Gasteiger partial charge >= 0.3 is 5.97 Å². The van der Waals surface area contributed by atoms with Crippen molar-refractivity contribution in [2.45, 2.75) is 25.9 Å². The first-order chi connectivity index (χ1) is 12.5. The third kappa shape index (κ3) is 4.71. The average Bonchev–Trinajstić information content (AvgIpc) is 3.04. The van der Waals surface area contributed by atoms with Crippen molar-refractivity contribution in [1.82, 2.24) is 4.98 Å². The van der Waals surface area contributed by atoms with Gasteiger partial charge in [0.15, 0.2) is 6.79 Å². The highest BCUT2D eigenvalue weighted by molar-refractivity contribution is 7.99. The number of aromatic nitrogens is 1. The molecule has 1 aliphatic heterocycles. The topological polar surface area (TPSA) is 101 Å². The molecule has 0 fully saturated rings. The first-order valence-corrected chi connectivity index (χ1v) is 9.71. The third-order valence-corrected chi connectivity index (χ3v) is 5.27. The number of fused-ring (bicyclic) bond motifs is 1. The van der Waals surface area contributed by atoms with E-state index in [1.807, 2.05) is 12.3 Å². The number of non-ortho nitro benzene ring substituents is 1. The molecule has 1 aromatic heterocycles. The van der Waals surface area contributed by atoms with Gasteiger partial charge in [-0.2, -0.15) is 0 Å². The Balaban J connectivity index is 1.57. The van der Waals surface area contributed by atoms with E-state index in [1.165, 1.54) is 23.9 Å². The molecule has 0 saturated heterocycles. The molecule has 0 bridgehead atoms. The number of nitrogens with zero attached hydrogens (tertiary/aromatic N) is 2. The molecule has 0 amide bonds. The fraction of sp³-hybridized carbons (Fsp3) is 0.375. The summed E-state index contributed by atoms with van der Waals surface area (Å²) in [6.45, 7) is 2.13. The lowest BCUT2D eigenvalue weighted by Crippen LogP contribution is -2.15. The number of esters is 1. The Hall–Kier alpha value is -2.17. The van der Waals surface area contributed by atoms with E-state index in [1.54, 1.807) is 11.3 Å². The monoisotopic (exact) mass is 396 g/mol. The predicted octanol–water partition coefficient (Wildman–Crippen LogP) is 3.20. The summed E-state index contributed by atoms with van der Waals surface area (Å²) < 4.78 is 15.8. The normalized spacial score (nSPS) is 13.0. The van der Waals surface area contributed by atoms with Crippen molar-refractivity contribution in [3.63, 3.8) is 0 Å². The standard InChI is InChI=1S/C16H16N2O6S2/c1-10-17-13(7-26-10)6-25-8-15(19)23-5-12-3-14(18(20)21)2-11-4-22-9-24-16(11)12/h2-3,7H,4-6,8-9H2,1H3. The van der Waals surface area contributed by atoms with E-state index in [2.05, 4.69) is 4.98 Å². The minimum Gasteiger partial charge on any atom is -0.467 e. The third-order valence-electron chi connectivity index (χ3n) is 3.51. The molecule has 26 heavy (non-hydrogen) atoms. The second-order valence-electron chi connectivity index (χ2n) is 5.47. The Bertz CT molecular complexity index is 823. The van der Waals surface area contributed by atoms with Crippen LogP contribution in [-0.2, 0) is 33.2 Å². The van der Waals surface area contributed by atoms with Gasteiger partial charge in [0.25, 0.3) is 5.69 Å². The summed E-state index contributed by atoms with van der Waals surface area (Å²) in [6.07, 6.45) is 0. The molecule has 0 atom stereocenters. The summed E-state index contributed by atoms with van der Waals surface area (Å²) in [5.74, 6) is 0.901. The Kier molecular flexibility index (Phi) is 6.07. The number of aryl methyl sites for hydroxylation is 1. The van der Waals surface area contributed by atoms with Crippen LogP contribution in [0.1, 0.15) is 21.8 Å². The van der Waals surface area contributed by atoms with Gasteiger partial charge in [0.1, 0.15) is 12.4 Å². The van der Waals surface area contributed by atoms with E-state index in [0.717, 1.165) is 10.7 Å². The quantitative estimate of drug-likeness (QED) is 0.399. The molecule has 1 aromatic carbocycles. The van der Waals surface area contributed by atoms with Crippen LogP contribution >= 0.6 is 23.1 Å². The molecule has 0 N–H and O–H groups in total. The molecule has 138 valence electrons. The molecule has 0 radical (unpaired) electrons. The van der Waals surface area contributed by atoms with E-state index in [0.29, 0.717) is 22.6 Å². The summed E-state index contributed by atoms with van der Waals surface area (Å²) in [7, 11) is 0. The number of benzene rings is 1. The Morgan fingerprint density at radius 2 is 2.35 bits per heavy atom. The van der Waals surface area contributed by atoms with Crippen molar-refractivity contribution in [3.05, 3.63) is 49.5 Å². The molecule has 2 heterocycles. The van der Waals surface area contributed by atoms with Crippen LogP contribution in [0.2, 0.25) is 0 Å². The lowest BCUT2D eigenvalue weighted by Gasteiger charge is -2.20. The number of carbonyl (C=O) groups is 1. The maximum atomic E-state index is 11.9. The van der Waals surface area contributed by atoms with Crippen molar-refractivity contribution >= 4 is 34.8 Å². The Morgan fingerprint density at radius 3 is 3.08 bits per heavy atom. The van der Waals surface area contributed by atoms with E-state index < -0.39 is 10.9 Å². The summed E-state index contributed by atoms with van der Waals surface area (Å²) >= 11 is 2.98. The predicted molar refractivity (Wildman–Crippen MR) is 96.2 cm³/mol. The molecule has 0 spiro atoms. The van der Waals surface area contributed by atoms with Crippen LogP contribution in [0.5, 0.6) is 5.75 Å². The number of thiazole rings is 1. The fourth-order valence-electron chi connectivity index (χ4n) is 2.41. The zero-order valence-corrected chi connectivity index (χ0v) is 15.6. The van der Waals surface area contributed by atoms with Gasteiger partial charge in [-0.3, -0.25) is 14.9 Å². The SMILES string of the molecule is Cc1nc(CSCC(=O)OCc2cc([N+](=O)[O-])cc3c2OCOC3)cs1.